The second kappa shape index (κ2) is 5.52. The molecule has 2 aromatic carbocycles. The van der Waals surface area contributed by atoms with Gasteiger partial charge in [0.15, 0.2) is 11.6 Å². The molecule has 0 aromatic heterocycles. The Kier molecular flexibility index (Phi) is 3.99. The van der Waals surface area contributed by atoms with Crippen LogP contribution in [0.1, 0.15) is 5.56 Å². The Morgan fingerprint density at radius 2 is 1.79 bits per heavy atom. The second-order valence-corrected chi connectivity index (χ2v) is 4.65. The van der Waals surface area contributed by atoms with Crippen LogP contribution in [0.15, 0.2) is 34.8 Å². The minimum Gasteiger partial charge on any atom is -0.486 e. The lowest BCUT2D eigenvalue weighted by atomic mass is 10.2. The van der Waals surface area contributed by atoms with E-state index < -0.39 is 24.1 Å². The summed E-state index contributed by atoms with van der Waals surface area (Å²) < 4.78 is 45.7. The molecule has 19 heavy (non-hydrogen) atoms. The van der Waals surface area contributed by atoms with Gasteiger partial charge in [0.05, 0.1) is 10.0 Å². The Balaban J connectivity index is 2.21. The normalized spacial score (nSPS) is 10.5. The molecule has 2 N–H and O–H groups in total. The molecule has 2 nitrogen and oxygen atoms in total. The third kappa shape index (κ3) is 3.01. The highest BCUT2D eigenvalue weighted by molar-refractivity contribution is 9.10. The van der Waals surface area contributed by atoms with Crippen LogP contribution in [-0.2, 0) is 6.61 Å². The lowest BCUT2D eigenvalue weighted by molar-refractivity contribution is 0.278. The third-order valence-electron chi connectivity index (χ3n) is 2.47. The fourth-order valence-corrected chi connectivity index (χ4v) is 1.86. The number of anilines is 1. The van der Waals surface area contributed by atoms with E-state index in [1.165, 1.54) is 18.2 Å². The maximum absolute atomic E-state index is 13.6. The maximum atomic E-state index is 13.6. The molecule has 0 atom stereocenters. The summed E-state index contributed by atoms with van der Waals surface area (Å²) in [6.07, 6.45) is 0. The number of nitrogen functional groups attached to an aromatic ring is 1. The summed E-state index contributed by atoms with van der Waals surface area (Å²) in [5.41, 5.74) is 5.35. The van der Waals surface area contributed by atoms with Gasteiger partial charge in [-0.15, -0.1) is 0 Å². The average molecular weight is 332 g/mol. The van der Waals surface area contributed by atoms with E-state index in [9.17, 15) is 13.2 Å². The van der Waals surface area contributed by atoms with Gasteiger partial charge in [0.1, 0.15) is 18.2 Å². The van der Waals surface area contributed by atoms with Gasteiger partial charge in [-0.1, -0.05) is 0 Å². The zero-order valence-corrected chi connectivity index (χ0v) is 11.2. The first-order valence-corrected chi connectivity index (χ1v) is 6.08. The third-order valence-corrected chi connectivity index (χ3v) is 3.08. The highest BCUT2D eigenvalue weighted by Crippen LogP contribution is 2.25. The second-order valence-electron chi connectivity index (χ2n) is 3.80. The van der Waals surface area contributed by atoms with Crippen LogP contribution in [-0.4, -0.2) is 0 Å². The van der Waals surface area contributed by atoms with E-state index >= 15 is 0 Å². The number of hydrogen-bond acceptors (Lipinski definition) is 2. The van der Waals surface area contributed by atoms with E-state index in [4.69, 9.17) is 10.5 Å². The summed E-state index contributed by atoms with van der Waals surface area (Å²) in [6, 6.07) is 6.16. The number of nitrogens with two attached hydrogens (primary N) is 1. The van der Waals surface area contributed by atoms with E-state index in [0.29, 0.717) is 0 Å². The van der Waals surface area contributed by atoms with Crippen LogP contribution < -0.4 is 10.5 Å². The standard InChI is InChI=1S/C13H9BrF3NO/c14-9-2-3-10(15)8(13(9)17)6-19-12-4-1-7(18)5-11(12)16/h1-5H,6,18H2. The van der Waals surface area contributed by atoms with E-state index in [2.05, 4.69) is 15.9 Å². The Morgan fingerprint density at radius 1 is 1.05 bits per heavy atom. The first-order valence-electron chi connectivity index (χ1n) is 5.29. The van der Waals surface area contributed by atoms with E-state index in [-0.39, 0.29) is 21.5 Å². The number of benzene rings is 2. The molecule has 0 heterocycles. The van der Waals surface area contributed by atoms with Gasteiger partial charge in [0, 0.05) is 11.8 Å². The van der Waals surface area contributed by atoms with Gasteiger partial charge in [-0.05, 0) is 40.2 Å². The summed E-state index contributed by atoms with van der Waals surface area (Å²) >= 11 is 2.94. The fourth-order valence-electron chi connectivity index (χ4n) is 1.49. The molecule has 100 valence electrons. The first-order chi connectivity index (χ1) is 8.99. The maximum Gasteiger partial charge on any atom is 0.167 e. The van der Waals surface area contributed by atoms with Crippen LogP contribution >= 0.6 is 15.9 Å². The highest BCUT2D eigenvalue weighted by atomic mass is 79.9. The van der Waals surface area contributed by atoms with Crippen molar-refractivity contribution in [2.45, 2.75) is 6.61 Å². The van der Waals surface area contributed by atoms with Gasteiger partial charge < -0.3 is 10.5 Å². The lowest BCUT2D eigenvalue weighted by Crippen LogP contribution is -2.04. The van der Waals surface area contributed by atoms with Crippen LogP contribution in [0.3, 0.4) is 0 Å². The zero-order valence-electron chi connectivity index (χ0n) is 9.59. The minimum absolute atomic E-state index is 0.116. The fraction of sp³-hybridized carbons (Fsp3) is 0.0769. The molecule has 0 saturated heterocycles. The molecule has 0 spiro atoms. The van der Waals surface area contributed by atoms with Gasteiger partial charge in [-0.2, -0.15) is 0 Å². The molecule has 0 aliphatic rings. The van der Waals surface area contributed by atoms with Gasteiger partial charge in [0.2, 0.25) is 0 Å². The van der Waals surface area contributed by atoms with Crippen LogP contribution in [0.4, 0.5) is 18.9 Å². The SMILES string of the molecule is Nc1ccc(OCc2c(F)ccc(Br)c2F)c(F)c1. The molecular weight excluding hydrogens is 323 g/mol. The zero-order chi connectivity index (χ0) is 14.0. The molecule has 2 rings (SSSR count). The molecule has 0 fully saturated rings. The van der Waals surface area contributed by atoms with Crippen molar-refractivity contribution in [3.63, 3.8) is 0 Å². The molecule has 0 unspecified atom stereocenters. The van der Waals surface area contributed by atoms with E-state index in [0.717, 1.165) is 12.1 Å². The summed E-state index contributed by atoms with van der Waals surface area (Å²) in [4.78, 5) is 0. The van der Waals surface area contributed by atoms with Crippen molar-refractivity contribution in [3.8, 4) is 5.75 Å². The average Bonchev–Trinajstić information content (AvgIpc) is 2.36. The Bertz CT molecular complexity index is 619. The van der Waals surface area contributed by atoms with Crippen LogP contribution in [0, 0.1) is 17.5 Å². The number of hydrogen-bond donors (Lipinski definition) is 1. The molecule has 2 aromatic rings. The van der Waals surface area contributed by atoms with Gasteiger partial charge in [-0.3, -0.25) is 0 Å². The molecule has 0 saturated carbocycles. The van der Waals surface area contributed by atoms with Crippen LogP contribution in [0.25, 0.3) is 0 Å². The minimum atomic E-state index is -0.768. The summed E-state index contributed by atoms with van der Waals surface area (Å²) in [6.45, 7) is -0.419. The Labute approximate surface area is 116 Å². The summed E-state index contributed by atoms with van der Waals surface area (Å²) in [5, 5.41) is 0. The van der Waals surface area contributed by atoms with Gasteiger partial charge >= 0.3 is 0 Å². The van der Waals surface area contributed by atoms with Crippen molar-refractivity contribution in [3.05, 3.63) is 57.8 Å². The van der Waals surface area contributed by atoms with Crippen molar-refractivity contribution in [2.75, 3.05) is 5.73 Å². The number of halogens is 4. The quantitative estimate of drug-likeness (QED) is 0.680. The Hall–Kier alpha value is -1.69. The molecule has 0 aliphatic heterocycles. The molecular formula is C13H9BrF3NO. The van der Waals surface area contributed by atoms with Crippen LogP contribution in [0.2, 0.25) is 0 Å². The Morgan fingerprint density at radius 3 is 2.47 bits per heavy atom. The lowest BCUT2D eigenvalue weighted by Gasteiger charge is -2.10. The van der Waals surface area contributed by atoms with Crippen molar-refractivity contribution in [2.24, 2.45) is 0 Å². The van der Waals surface area contributed by atoms with Gasteiger partial charge in [-0.25, -0.2) is 13.2 Å². The predicted octanol–water partition coefficient (Wildman–Crippen LogP) is 4.03. The molecule has 0 aliphatic carbocycles. The van der Waals surface area contributed by atoms with Crippen molar-refractivity contribution in [1.29, 1.82) is 0 Å². The van der Waals surface area contributed by atoms with Gasteiger partial charge in [0.25, 0.3) is 0 Å². The van der Waals surface area contributed by atoms with Crippen molar-refractivity contribution in [1.82, 2.24) is 0 Å². The van der Waals surface area contributed by atoms with Crippen LogP contribution in [0.5, 0.6) is 5.75 Å². The predicted molar refractivity (Wildman–Crippen MR) is 69.2 cm³/mol. The largest absolute Gasteiger partial charge is 0.486 e. The van der Waals surface area contributed by atoms with Crippen molar-refractivity contribution < 1.29 is 17.9 Å². The molecule has 6 heteroatoms. The summed E-state index contributed by atoms with van der Waals surface area (Å²) in [5.74, 6) is -2.32. The number of rotatable bonds is 3. The van der Waals surface area contributed by atoms with Crippen molar-refractivity contribution >= 4 is 21.6 Å². The van der Waals surface area contributed by atoms with E-state index in [1.807, 2.05) is 0 Å². The molecule has 0 bridgehead atoms. The first kappa shape index (κ1) is 13.7. The number of ether oxygens (including phenoxy) is 1. The monoisotopic (exact) mass is 331 g/mol. The highest BCUT2D eigenvalue weighted by Gasteiger charge is 2.14. The summed E-state index contributed by atoms with van der Waals surface area (Å²) in [7, 11) is 0. The topological polar surface area (TPSA) is 35.2 Å². The smallest absolute Gasteiger partial charge is 0.167 e. The van der Waals surface area contributed by atoms with E-state index in [1.54, 1.807) is 0 Å². The molecule has 0 radical (unpaired) electrons. The molecule has 0 amide bonds.